The van der Waals surface area contributed by atoms with E-state index < -0.39 is 0 Å². The summed E-state index contributed by atoms with van der Waals surface area (Å²) in [4.78, 5) is 4.58. The normalized spacial score (nSPS) is 17.6. The summed E-state index contributed by atoms with van der Waals surface area (Å²) in [6, 6.07) is 0.503. The minimum absolute atomic E-state index is 0. The molecule has 96 valence electrons. The van der Waals surface area contributed by atoms with Gasteiger partial charge in [0, 0.05) is 19.1 Å². The van der Waals surface area contributed by atoms with Crippen LogP contribution in [-0.2, 0) is 0 Å². The lowest BCUT2D eigenvalue weighted by atomic mass is 10.3. The second-order valence-electron chi connectivity index (χ2n) is 4.45. The molecule has 4 heteroatoms. The molecule has 1 unspecified atom stereocenters. The summed E-state index contributed by atoms with van der Waals surface area (Å²) in [6.07, 6.45) is 5.24. The number of aliphatic imine (C=N–C) groups is 1. The van der Waals surface area contributed by atoms with Gasteiger partial charge in [0.15, 0.2) is 5.96 Å². The number of halogens is 1. The maximum absolute atomic E-state index is 4.58. The monoisotopic (exact) mass is 339 g/mol. The molecule has 0 aromatic rings. The van der Waals surface area contributed by atoms with Crippen LogP contribution in [0.25, 0.3) is 0 Å². The van der Waals surface area contributed by atoms with E-state index in [2.05, 4.69) is 36.4 Å². The molecule has 1 aliphatic rings. The average Bonchev–Trinajstić information content (AvgIpc) is 3.02. The minimum atomic E-state index is 0. The lowest BCUT2D eigenvalue weighted by Crippen LogP contribution is -2.42. The molecule has 0 spiro atoms. The highest BCUT2D eigenvalue weighted by atomic mass is 127. The average molecular weight is 339 g/mol. The lowest BCUT2D eigenvalue weighted by Gasteiger charge is -2.16. The van der Waals surface area contributed by atoms with E-state index in [1.807, 2.05) is 0 Å². The summed E-state index contributed by atoms with van der Waals surface area (Å²) in [6.45, 7) is 8.38. The van der Waals surface area contributed by atoms with E-state index in [0.29, 0.717) is 6.04 Å². The Morgan fingerprint density at radius 2 is 2.06 bits per heavy atom. The van der Waals surface area contributed by atoms with Gasteiger partial charge in [-0.3, -0.25) is 4.99 Å². The zero-order chi connectivity index (χ0) is 11.1. The van der Waals surface area contributed by atoms with Crippen LogP contribution in [0.15, 0.2) is 4.99 Å². The van der Waals surface area contributed by atoms with Crippen LogP contribution in [0.1, 0.15) is 46.5 Å². The molecular weight excluding hydrogens is 313 g/mol. The third-order valence-electron chi connectivity index (χ3n) is 2.84. The standard InChI is InChI=1S/C12H25N3.HI/c1-4-10(3)15-12(13-5-2)14-9-8-11-6-7-11;/h10-11H,4-9H2,1-3H3,(H2,13,14,15);1H. The Bertz CT molecular complexity index is 202. The largest absolute Gasteiger partial charge is 0.357 e. The van der Waals surface area contributed by atoms with E-state index in [9.17, 15) is 0 Å². The predicted molar refractivity (Wildman–Crippen MR) is 81.6 cm³/mol. The van der Waals surface area contributed by atoms with Crippen LogP contribution in [0.3, 0.4) is 0 Å². The van der Waals surface area contributed by atoms with Gasteiger partial charge < -0.3 is 10.6 Å². The Morgan fingerprint density at radius 1 is 1.38 bits per heavy atom. The first-order chi connectivity index (χ1) is 7.26. The lowest BCUT2D eigenvalue weighted by molar-refractivity contribution is 0.621. The van der Waals surface area contributed by atoms with Crippen molar-refractivity contribution in [3.05, 3.63) is 0 Å². The summed E-state index contributed by atoms with van der Waals surface area (Å²) in [5.41, 5.74) is 0. The highest BCUT2D eigenvalue weighted by Crippen LogP contribution is 2.32. The van der Waals surface area contributed by atoms with Crippen molar-refractivity contribution in [1.29, 1.82) is 0 Å². The van der Waals surface area contributed by atoms with Gasteiger partial charge in [0.2, 0.25) is 0 Å². The first-order valence-corrected chi connectivity index (χ1v) is 6.31. The number of nitrogens with one attached hydrogen (secondary N) is 2. The molecule has 0 saturated heterocycles. The topological polar surface area (TPSA) is 36.4 Å². The first kappa shape index (κ1) is 16.0. The summed E-state index contributed by atoms with van der Waals surface area (Å²) in [5, 5.41) is 6.68. The van der Waals surface area contributed by atoms with Gasteiger partial charge >= 0.3 is 0 Å². The molecule has 0 amide bonds. The molecule has 3 nitrogen and oxygen atoms in total. The molecule has 0 radical (unpaired) electrons. The van der Waals surface area contributed by atoms with E-state index in [-0.39, 0.29) is 24.0 Å². The fourth-order valence-electron chi connectivity index (χ4n) is 1.42. The number of hydrogen-bond acceptors (Lipinski definition) is 1. The molecule has 0 aromatic heterocycles. The van der Waals surface area contributed by atoms with Gasteiger partial charge in [0.25, 0.3) is 0 Å². The summed E-state index contributed by atoms with van der Waals surface area (Å²) < 4.78 is 0. The van der Waals surface area contributed by atoms with E-state index in [4.69, 9.17) is 0 Å². The van der Waals surface area contributed by atoms with Gasteiger partial charge in [0.1, 0.15) is 0 Å². The van der Waals surface area contributed by atoms with Crippen molar-refractivity contribution in [2.75, 3.05) is 13.1 Å². The van der Waals surface area contributed by atoms with Crippen LogP contribution >= 0.6 is 24.0 Å². The molecule has 1 saturated carbocycles. The SMILES string of the molecule is CCNC(=NCCC1CC1)NC(C)CC.I. The van der Waals surface area contributed by atoms with Crippen molar-refractivity contribution < 1.29 is 0 Å². The molecule has 1 atom stereocenters. The van der Waals surface area contributed by atoms with Crippen LogP contribution in [0.4, 0.5) is 0 Å². The molecule has 1 rings (SSSR count). The highest BCUT2D eigenvalue weighted by molar-refractivity contribution is 14.0. The Hall–Kier alpha value is 0. The maximum atomic E-state index is 4.58. The van der Waals surface area contributed by atoms with Crippen molar-refractivity contribution in [1.82, 2.24) is 10.6 Å². The molecule has 0 bridgehead atoms. The molecule has 0 aromatic carbocycles. The predicted octanol–water partition coefficient (Wildman–Crippen LogP) is 2.76. The molecule has 0 aliphatic heterocycles. The van der Waals surface area contributed by atoms with Crippen LogP contribution in [0.5, 0.6) is 0 Å². The van der Waals surface area contributed by atoms with Crippen LogP contribution in [-0.4, -0.2) is 25.1 Å². The fourth-order valence-corrected chi connectivity index (χ4v) is 1.42. The third kappa shape index (κ3) is 7.30. The van der Waals surface area contributed by atoms with Gasteiger partial charge in [-0.1, -0.05) is 19.8 Å². The number of hydrogen-bond donors (Lipinski definition) is 2. The Kier molecular flexibility index (Phi) is 9.07. The molecule has 0 heterocycles. The van der Waals surface area contributed by atoms with Gasteiger partial charge in [0.05, 0.1) is 0 Å². The number of nitrogens with zero attached hydrogens (tertiary/aromatic N) is 1. The van der Waals surface area contributed by atoms with Gasteiger partial charge in [-0.25, -0.2) is 0 Å². The Labute approximate surface area is 117 Å². The highest BCUT2D eigenvalue weighted by Gasteiger charge is 2.20. The molecular formula is C12H26IN3. The van der Waals surface area contributed by atoms with Crippen molar-refractivity contribution in [2.24, 2.45) is 10.9 Å². The minimum Gasteiger partial charge on any atom is -0.357 e. The summed E-state index contributed by atoms with van der Waals surface area (Å²) in [7, 11) is 0. The third-order valence-corrected chi connectivity index (χ3v) is 2.84. The quantitative estimate of drug-likeness (QED) is 0.444. The van der Waals surface area contributed by atoms with Crippen LogP contribution in [0.2, 0.25) is 0 Å². The molecule has 2 N–H and O–H groups in total. The number of rotatable bonds is 6. The summed E-state index contributed by atoms with van der Waals surface area (Å²) >= 11 is 0. The zero-order valence-electron chi connectivity index (χ0n) is 10.8. The van der Waals surface area contributed by atoms with Crippen molar-refractivity contribution in [2.45, 2.75) is 52.5 Å². The smallest absolute Gasteiger partial charge is 0.191 e. The molecule has 16 heavy (non-hydrogen) atoms. The molecule has 1 aliphatic carbocycles. The Morgan fingerprint density at radius 3 is 2.56 bits per heavy atom. The van der Waals surface area contributed by atoms with E-state index in [1.165, 1.54) is 19.3 Å². The Balaban J connectivity index is 0.00000225. The van der Waals surface area contributed by atoms with Gasteiger partial charge in [-0.05, 0) is 32.6 Å². The van der Waals surface area contributed by atoms with Crippen LogP contribution in [0, 0.1) is 5.92 Å². The second kappa shape index (κ2) is 9.07. The van der Waals surface area contributed by atoms with E-state index in [0.717, 1.165) is 31.4 Å². The molecule has 1 fully saturated rings. The first-order valence-electron chi connectivity index (χ1n) is 6.31. The van der Waals surface area contributed by atoms with E-state index in [1.54, 1.807) is 0 Å². The maximum Gasteiger partial charge on any atom is 0.191 e. The van der Waals surface area contributed by atoms with Gasteiger partial charge in [-0.15, -0.1) is 24.0 Å². The zero-order valence-corrected chi connectivity index (χ0v) is 13.1. The van der Waals surface area contributed by atoms with Crippen molar-refractivity contribution >= 4 is 29.9 Å². The van der Waals surface area contributed by atoms with Crippen molar-refractivity contribution in [3.63, 3.8) is 0 Å². The fraction of sp³-hybridized carbons (Fsp3) is 0.917. The van der Waals surface area contributed by atoms with Crippen LogP contribution < -0.4 is 10.6 Å². The number of guanidine groups is 1. The second-order valence-corrected chi connectivity index (χ2v) is 4.45. The van der Waals surface area contributed by atoms with E-state index >= 15 is 0 Å². The van der Waals surface area contributed by atoms with Gasteiger partial charge in [-0.2, -0.15) is 0 Å². The van der Waals surface area contributed by atoms with Crippen molar-refractivity contribution in [3.8, 4) is 0 Å². The summed E-state index contributed by atoms with van der Waals surface area (Å²) in [5.74, 6) is 1.95.